The molecule has 1 aliphatic rings. The highest BCUT2D eigenvalue weighted by atomic mass is 16.5. The van der Waals surface area contributed by atoms with Crippen LogP contribution in [-0.4, -0.2) is 14.9 Å². The molecule has 6 nitrogen and oxygen atoms in total. The number of aryl methyl sites for hydroxylation is 1. The Balaban J connectivity index is 2.11. The highest BCUT2D eigenvalue weighted by Crippen LogP contribution is 2.21. The maximum atomic E-state index is 12.5. The van der Waals surface area contributed by atoms with Gasteiger partial charge in [0.15, 0.2) is 5.78 Å². The molecule has 0 amide bonds. The molecule has 6 heteroatoms. The zero-order valence-electron chi connectivity index (χ0n) is 11.8. The van der Waals surface area contributed by atoms with Gasteiger partial charge in [-0.2, -0.15) is 0 Å². The van der Waals surface area contributed by atoms with E-state index in [0.717, 1.165) is 15.7 Å². The number of carbonyl (C=O) groups is 1. The summed E-state index contributed by atoms with van der Waals surface area (Å²) in [6.07, 6.45) is 1.29. The van der Waals surface area contributed by atoms with Crippen LogP contribution < -0.4 is 11.2 Å². The second kappa shape index (κ2) is 4.82. The Labute approximate surface area is 120 Å². The lowest BCUT2D eigenvalue weighted by atomic mass is 10.0. The fourth-order valence-corrected chi connectivity index (χ4v) is 2.43. The van der Waals surface area contributed by atoms with Gasteiger partial charge in [-0.05, 0) is 17.2 Å². The molecule has 1 aliphatic heterocycles. The number of hydrogen-bond donors (Lipinski definition) is 0. The summed E-state index contributed by atoms with van der Waals surface area (Å²) < 4.78 is 7.47. The van der Waals surface area contributed by atoms with E-state index in [1.165, 1.54) is 24.9 Å². The van der Waals surface area contributed by atoms with Crippen molar-refractivity contribution in [1.29, 1.82) is 0 Å². The summed E-state index contributed by atoms with van der Waals surface area (Å²) in [6.45, 7) is 1.02. The van der Waals surface area contributed by atoms with Gasteiger partial charge in [0.05, 0.1) is 13.2 Å². The van der Waals surface area contributed by atoms with Gasteiger partial charge in [0.2, 0.25) is 0 Å². The number of carbonyl (C=O) groups excluding carboxylic acids is 1. The first kappa shape index (κ1) is 13.5. The summed E-state index contributed by atoms with van der Waals surface area (Å²) in [7, 11) is 2.87. The number of ketones is 1. The predicted molar refractivity (Wildman–Crippen MR) is 75.3 cm³/mol. The summed E-state index contributed by atoms with van der Waals surface area (Å²) in [6, 6.07) is 5.26. The average molecular weight is 286 g/mol. The molecule has 0 bridgehead atoms. The fraction of sp³-hybridized carbons (Fsp3) is 0.267. The van der Waals surface area contributed by atoms with Crippen LogP contribution >= 0.6 is 0 Å². The maximum Gasteiger partial charge on any atom is 0.330 e. The molecule has 0 atom stereocenters. The molecule has 0 radical (unpaired) electrons. The van der Waals surface area contributed by atoms with Crippen molar-refractivity contribution in [2.45, 2.75) is 13.2 Å². The van der Waals surface area contributed by atoms with E-state index in [4.69, 9.17) is 4.74 Å². The van der Waals surface area contributed by atoms with Crippen molar-refractivity contribution in [3.05, 3.63) is 67.5 Å². The average Bonchev–Trinajstić information content (AvgIpc) is 2.95. The fourth-order valence-electron chi connectivity index (χ4n) is 2.43. The van der Waals surface area contributed by atoms with Crippen LogP contribution in [0.1, 0.15) is 27.0 Å². The van der Waals surface area contributed by atoms with E-state index in [0.29, 0.717) is 18.8 Å². The van der Waals surface area contributed by atoms with Gasteiger partial charge in [-0.3, -0.25) is 14.2 Å². The van der Waals surface area contributed by atoms with Gasteiger partial charge >= 0.3 is 5.69 Å². The molecule has 0 fully saturated rings. The Kier molecular flexibility index (Phi) is 3.10. The lowest BCUT2D eigenvalue weighted by Gasteiger charge is -2.07. The zero-order chi connectivity index (χ0) is 15.1. The van der Waals surface area contributed by atoms with Crippen molar-refractivity contribution in [2.75, 3.05) is 0 Å². The summed E-state index contributed by atoms with van der Waals surface area (Å²) >= 11 is 0. The number of rotatable bonds is 2. The molecule has 1 aromatic carbocycles. The van der Waals surface area contributed by atoms with Crippen molar-refractivity contribution in [3.63, 3.8) is 0 Å². The van der Waals surface area contributed by atoms with Gasteiger partial charge in [0, 0.05) is 25.9 Å². The van der Waals surface area contributed by atoms with E-state index in [-0.39, 0.29) is 11.3 Å². The van der Waals surface area contributed by atoms with Crippen LogP contribution in [0.2, 0.25) is 0 Å². The Bertz CT molecular complexity index is 861. The first-order valence-electron chi connectivity index (χ1n) is 6.50. The minimum absolute atomic E-state index is 0.0153. The quantitative estimate of drug-likeness (QED) is 0.747. The van der Waals surface area contributed by atoms with Gasteiger partial charge in [-0.15, -0.1) is 0 Å². The van der Waals surface area contributed by atoms with Crippen molar-refractivity contribution in [2.24, 2.45) is 14.1 Å². The van der Waals surface area contributed by atoms with Crippen LogP contribution in [0.4, 0.5) is 0 Å². The number of nitrogens with zero attached hydrogens (tertiary/aromatic N) is 2. The third kappa shape index (κ3) is 2.13. The smallest absolute Gasteiger partial charge is 0.330 e. The Hall–Kier alpha value is -2.47. The molecular weight excluding hydrogens is 272 g/mol. The van der Waals surface area contributed by atoms with Crippen molar-refractivity contribution < 1.29 is 9.53 Å². The molecule has 1 aromatic heterocycles. The second-order valence-electron chi connectivity index (χ2n) is 5.11. The third-order valence-electron chi connectivity index (χ3n) is 3.67. The van der Waals surface area contributed by atoms with E-state index in [1.54, 1.807) is 12.1 Å². The van der Waals surface area contributed by atoms with Gasteiger partial charge in [0.25, 0.3) is 5.56 Å². The Morgan fingerprint density at radius 2 is 1.86 bits per heavy atom. The van der Waals surface area contributed by atoms with Crippen LogP contribution in [0.15, 0.2) is 34.0 Å². The summed E-state index contributed by atoms with van der Waals surface area (Å²) in [5, 5.41) is 0. The maximum absolute atomic E-state index is 12.5. The molecule has 0 spiro atoms. The van der Waals surface area contributed by atoms with Crippen LogP contribution in [0.3, 0.4) is 0 Å². The highest BCUT2D eigenvalue weighted by molar-refractivity contribution is 6.08. The SMILES string of the molecule is Cn1cc(C(=O)c2ccc3c(c2)COC3)c(=O)n(C)c1=O. The largest absolute Gasteiger partial charge is 0.372 e. The molecule has 2 aromatic rings. The first-order valence-corrected chi connectivity index (χ1v) is 6.50. The zero-order valence-corrected chi connectivity index (χ0v) is 11.8. The number of fused-ring (bicyclic) bond motifs is 1. The minimum Gasteiger partial charge on any atom is -0.372 e. The summed E-state index contributed by atoms with van der Waals surface area (Å²) in [4.78, 5) is 36.3. The first-order chi connectivity index (χ1) is 9.99. The highest BCUT2D eigenvalue weighted by Gasteiger charge is 2.19. The van der Waals surface area contributed by atoms with Crippen LogP contribution in [0, 0.1) is 0 Å². The lowest BCUT2D eigenvalue weighted by Crippen LogP contribution is -2.39. The molecule has 2 heterocycles. The van der Waals surface area contributed by atoms with Gasteiger partial charge in [0.1, 0.15) is 5.56 Å². The molecule has 21 heavy (non-hydrogen) atoms. The van der Waals surface area contributed by atoms with E-state index in [2.05, 4.69) is 0 Å². The van der Waals surface area contributed by atoms with E-state index < -0.39 is 11.2 Å². The lowest BCUT2D eigenvalue weighted by molar-refractivity contribution is 0.103. The van der Waals surface area contributed by atoms with Crippen LogP contribution in [0.5, 0.6) is 0 Å². The number of benzene rings is 1. The van der Waals surface area contributed by atoms with Crippen LogP contribution in [-0.2, 0) is 32.0 Å². The number of hydrogen-bond acceptors (Lipinski definition) is 4. The molecule has 0 unspecified atom stereocenters. The number of ether oxygens (including phenoxy) is 1. The van der Waals surface area contributed by atoms with E-state index >= 15 is 0 Å². The number of aromatic nitrogens is 2. The second-order valence-corrected chi connectivity index (χ2v) is 5.11. The Morgan fingerprint density at radius 3 is 2.62 bits per heavy atom. The third-order valence-corrected chi connectivity index (χ3v) is 3.67. The molecule has 0 N–H and O–H groups in total. The topological polar surface area (TPSA) is 70.3 Å². The molecular formula is C15H14N2O4. The van der Waals surface area contributed by atoms with Gasteiger partial charge < -0.3 is 9.30 Å². The van der Waals surface area contributed by atoms with Crippen LogP contribution in [0.25, 0.3) is 0 Å². The van der Waals surface area contributed by atoms with Crippen molar-refractivity contribution >= 4 is 5.78 Å². The van der Waals surface area contributed by atoms with E-state index in [1.807, 2.05) is 6.07 Å². The Morgan fingerprint density at radius 1 is 1.14 bits per heavy atom. The predicted octanol–water partition coefficient (Wildman–Crippen LogP) is 0.345. The minimum atomic E-state index is -0.583. The summed E-state index contributed by atoms with van der Waals surface area (Å²) in [5.74, 6) is -0.388. The van der Waals surface area contributed by atoms with Crippen molar-refractivity contribution in [3.8, 4) is 0 Å². The monoisotopic (exact) mass is 286 g/mol. The van der Waals surface area contributed by atoms with Crippen molar-refractivity contribution in [1.82, 2.24) is 9.13 Å². The summed E-state index contributed by atoms with van der Waals surface area (Å²) in [5.41, 5.74) is 1.38. The molecule has 0 aliphatic carbocycles. The molecule has 108 valence electrons. The standard InChI is InChI=1S/C15H14N2O4/c1-16-6-12(14(19)17(2)15(16)20)13(18)9-3-4-10-7-21-8-11(10)5-9/h3-6H,7-8H2,1-2H3. The molecule has 0 saturated heterocycles. The molecule has 3 rings (SSSR count). The van der Waals surface area contributed by atoms with Gasteiger partial charge in [-0.1, -0.05) is 12.1 Å². The van der Waals surface area contributed by atoms with E-state index in [9.17, 15) is 14.4 Å². The molecule has 0 saturated carbocycles. The normalized spacial score (nSPS) is 13.2. The van der Waals surface area contributed by atoms with Gasteiger partial charge in [-0.25, -0.2) is 4.79 Å².